The summed E-state index contributed by atoms with van der Waals surface area (Å²) in [6.45, 7) is 6.65. The number of benzene rings is 1. The largest absolute Gasteiger partial charge is 0.377 e. The van der Waals surface area contributed by atoms with Crippen molar-refractivity contribution in [3.63, 3.8) is 0 Å². The van der Waals surface area contributed by atoms with Crippen LogP contribution in [0.15, 0.2) is 24.3 Å². The zero-order valence-electron chi connectivity index (χ0n) is 13.3. The van der Waals surface area contributed by atoms with E-state index in [0.29, 0.717) is 24.6 Å². The number of nitrogens with one attached hydrogen (secondary N) is 1. The molecular weight excluding hydrogens is 282 g/mol. The maximum absolute atomic E-state index is 12.2. The number of hydrazine groups is 1. The van der Waals surface area contributed by atoms with Crippen molar-refractivity contribution in [3.8, 4) is 0 Å². The van der Waals surface area contributed by atoms with Crippen molar-refractivity contribution in [3.05, 3.63) is 35.4 Å². The minimum Gasteiger partial charge on any atom is -0.377 e. The van der Waals surface area contributed by atoms with E-state index in [0.717, 1.165) is 5.56 Å². The van der Waals surface area contributed by atoms with E-state index in [1.807, 2.05) is 45.0 Å². The van der Waals surface area contributed by atoms with Crippen molar-refractivity contribution in [1.29, 1.82) is 0 Å². The van der Waals surface area contributed by atoms with E-state index in [-0.39, 0.29) is 5.92 Å². The summed E-state index contributed by atoms with van der Waals surface area (Å²) in [5.74, 6) is 5.01. The van der Waals surface area contributed by atoms with Gasteiger partial charge in [0.1, 0.15) is 5.54 Å². The SMILES string of the molecule is Cc1ccc(COCCC2(C(C)C)NC(=O)N(N)C2=O)cc1. The molecule has 6 nitrogen and oxygen atoms in total. The summed E-state index contributed by atoms with van der Waals surface area (Å²) in [5.41, 5.74) is 1.30. The summed E-state index contributed by atoms with van der Waals surface area (Å²) >= 11 is 0. The summed E-state index contributed by atoms with van der Waals surface area (Å²) in [5, 5.41) is 3.36. The smallest absolute Gasteiger partial charge is 0.339 e. The number of amides is 3. The number of imide groups is 1. The third kappa shape index (κ3) is 3.13. The molecule has 3 N–H and O–H groups in total. The predicted octanol–water partition coefficient (Wildman–Crippen LogP) is 1.72. The van der Waals surface area contributed by atoms with Crippen LogP contribution in [0.5, 0.6) is 0 Å². The quantitative estimate of drug-likeness (QED) is 0.363. The molecule has 2 rings (SSSR count). The van der Waals surface area contributed by atoms with Gasteiger partial charge in [-0.05, 0) is 18.4 Å². The lowest BCUT2D eigenvalue weighted by molar-refractivity contribution is -0.133. The summed E-state index contributed by atoms with van der Waals surface area (Å²) in [6.07, 6.45) is 0.398. The van der Waals surface area contributed by atoms with Crippen LogP contribution in [0.2, 0.25) is 0 Å². The molecule has 1 aliphatic heterocycles. The van der Waals surface area contributed by atoms with Gasteiger partial charge >= 0.3 is 6.03 Å². The molecule has 1 aromatic carbocycles. The van der Waals surface area contributed by atoms with Crippen LogP contribution < -0.4 is 11.2 Å². The molecule has 0 saturated carbocycles. The Bertz CT molecular complexity index is 556. The molecule has 1 heterocycles. The number of carbonyl (C=O) groups excluding carboxylic acids is 2. The Labute approximate surface area is 130 Å². The Morgan fingerprint density at radius 1 is 1.27 bits per heavy atom. The molecule has 120 valence electrons. The van der Waals surface area contributed by atoms with Gasteiger partial charge in [-0.15, -0.1) is 0 Å². The second-order valence-electron chi connectivity index (χ2n) is 6.02. The van der Waals surface area contributed by atoms with Crippen molar-refractivity contribution >= 4 is 11.9 Å². The van der Waals surface area contributed by atoms with Crippen LogP contribution in [-0.2, 0) is 16.1 Å². The summed E-state index contributed by atoms with van der Waals surface area (Å²) < 4.78 is 5.65. The Kier molecular flexibility index (Phi) is 4.83. The zero-order chi connectivity index (χ0) is 16.3. The van der Waals surface area contributed by atoms with Gasteiger partial charge in [0.2, 0.25) is 0 Å². The predicted molar refractivity (Wildman–Crippen MR) is 82.6 cm³/mol. The lowest BCUT2D eigenvalue weighted by atomic mass is 9.83. The molecule has 0 bridgehead atoms. The highest BCUT2D eigenvalue weighted by atomic mass is 16.5. The Hall–Kier alpha value is -1.92. The fourth-order valence-corrected chi connectivity index (χ4v) is 2.57. The maximum atomic E-state index is 12.2. The highest BCUT2D eigenvalue weighted by Crippen LogP contribution is 2.28. The number of rotatable bonds is 6. The molecule has 1 atom stereocenters. The lowest BCUT2D eigenvalue weighted by Gasteiger charge is -2.30. The fraction of sp³-hybridized carbons (Fsp3) is 0.500. The normalized spacial score (nSPS) is 21.6. The van der Waals surface area contributed by atoms with Gasteiger partial charge in [-0.2, -0.15) is 5.01 Å². The van der Waals surface area contributed by atoms with Crippen LogP contribution in [0.3, 0.4) is 0 Å². The Balaban J connectivity index is 1.92. The van der Waals surface area contributed by atoms with Crippen LogP contribution in [0.25, 0.3) is 0 Å². The number of ether oxygens (including phenoxy) is 1. The third-order valence-electron chi connectivity index (χ3n) is 4.16. The van der Waals surface area contributed by atoms with E-state index in [2.05, 4.69) is 5.32 Å². The van der Waals surface area contributed by atoms with Gasteiger partial charge in [-0.25, -0.2) is 10.6 Å². The molecule has 0 spiro atoms. The van der Waals surface area contributed by atoms with Gasteiger partial charge in [0, 0.05) is 13.0 Å². The number of urea groups is 1. The van der Waals surface area contributed by atoms with Crippen molar-refractivity contribution in [2.45, 2.75) is 39.3 Å². The molecule has 3 amide bonds. The first-order valence-electron chi connectivity index (χ1n) is 7.41. The molecular formula is C16H23N3O3. The molecule has 22 heavy (non-hydrogen) atoms. The highest BCUT2D eigenvalue weighted by molar-refractivity contribution is 6.06. The topological polar surface area (TPSA) is 84.7 Å². The van der Waals surface area contributed by atoms with Gasteiger partial charge in [0.25, 0.3) is 5.91 Å². The van der Waals surface area contributed by atoms with E-state index in [4.69, 9.17) is 10.6 Å². The summed E-state index contributed by atoms with van der Waals surface area (Å²) in [4.78, 5) is 23.9. The molecule has 1 aliphatic rings. The van der Waals surface area contributed by atoms with E-state index in [9.17, 15) is 9.59 Å². The van der Waals surface area contributed by atoms with Crippen molar-refractivity contribution in [2.24, 2.45) is 11.8 Å². The number of nitrogens with zero attached hydrogens (tertiary/aromatic N) is 1. The second-order valence-corrected chi connectivity index (χ2v) is 6.02. The van der Waals surface area contributed by atoms with Gasteiger partial charge in [-0.1, -0.05) is 43.7 Å². The molecule has 6 heteroatoms. The van der Waals surface area contributed by atoms with Crippen LogP contribution in [-0.4, -0.2) is 29.1 Å². The van der Waals surface area contributed by atoms with Crippen LogP contribution in [0, 0.1) is 12.8 Å². The first-order valence-corrected chi connectivity index (χ1v) is 7.41. The van der Waals surface area contributed by atoms with E-state index < -0.39 is 17.5 Å². The highest BCUT2D eigenvalue weighted by Gasteiger charge is 2.52. The van der Waals surface area contributed by atoms with Gasteiger partial charge in [-0.3, -0.25) is 4.79 Å². The third-order valence-corrected chi connectivity index (χ3v) is 4.16. The lowest BCUT2D eigenvalue weighted by Crippen LogP contribution is -2.52. The standard InChI is InChI=1S/C16H23N3O3/c1-11(2)16(14(20)19(17)15(21)18-16)8-9-22-10-13-6-4-12(3)5-7-13/h4-7,11H,8-10,17H2,1-3H3,(H,18,21). The number of carbonyl (C=O) groups is 2. The van der Waals surface area contributed by atoms with Crippen molar-refractivity contribution < 1.29 is 14.3 Å². The minimum atomic E-state index is -0.973. The average Bonchev–Trinajstić information content (AvgIpc) is 2.71. The minimum absolute atomic E-state index is 0.0690. The van der Waals surface area contributed by atoms with E-state index in [1.54, 1.807) is 0 Å². The molecule has 1 unspecified atom stereocenters. The Morgan fingerprint density at radius 2 is 1.91 bits per heavy atom. The summed E-state index contributed by atoms with van der Waals surface area (Å²) in [7, 11) is 0. The zero-order valence-corrected chi connectivity index (χ0v) is 13.3. The van der Waals surface area contributed by atoms with Crippen LogP contribution in [0.4, 0.5) is 4.79 Å². The molecule has 0 radical (unpaired) electrons. The number of nitrogens with two attached hydrogens (primary N) is 1. The first kappa shape index (κ1) is 16.5. The maximum Gasteiger partial charge on any atom is 0.339 e. The summed E-state index contributed by atoms with van der Waals surface area (Å²) in [6, 6.07) is 7.52. The van der Waals surface area contributed by atoms with Crippen molar-refractivity contribution in [1.82, 2.24) is 10.3 Å². The number of hydrogen-bond donors (Lipinski definition) is 2. The number of aryl methyl sites for hydroxylation is 1. The van der Waals surface area contributed by atoms with Gasteiger partial charge in [0.15, 0.2) is 0 Å². The molecule has 1 fully saturated rings. The van der Waals surface area contributed by atoms with E-state index >= 15 is 0 Å². The molecule has 0 aliphatic carbocycles. The molecule has 1 aromatic rings. The average molecular weight is 305 g/mol. The fourth-order valence-electron chi connectivity index (χ4n) is 2.57. The van der Waals surface area contributed by atoms with Gasteiger partial charge in [0.05, 0.1) is 6.61 Å². The Morgan fingerprint density at radius 3 is 2.41 bits per heavy atom. The first-order chi connectivity index (χ1) is 10.4. The molecule has 0 aromatic heterocycles. The van der Waals surface area contributed by atoms with Crippen LogP contribution >= 0.6 is 0 Å². The van der Waals surface area contributed by atoms with Gasteiger partial charge < -0.3 is 10.1 Å². The second kappa shape index (κ2) is 6.46. The van der Waals surface area contributed by atoms with Crippen LogP contribution in [0.1, 0.15) is 31.4 Å². The molecule has 1 saturated heterocycles. The number of hydrogen-bond acceptors (Lipinski definition) is 4. The van der Waals surface area contributed by atoms with Crippen molar-refractivity contribution in [2.75, 3.05) is 6.61 Å². The van der Waals surface area contributed by atoms with E-state index in [1.165, 1.54) is 5.56 Å². The monoisotopic (exact) mass is 305 g/mol.